The first-order valence-corrected chi connectivity index (χ1v) is 7.12. The number of nitrogens with zero attached hydrogens (tertiary/aromatic N) is 2. The highest BCUT2D eigenvalue weighted by Crippen LogP contribution is 2.29. The molecule has 104 valence electrons. The van der Waals surface area contributed by atoms with Crippen LogP contribution in [0.25, 0.3) is 0 Å². The molecule has 2 bridgehead atoms. The number of halogens is 1. The van der Waals surface area contributed by atoms with Crippen LogP contribution in [-0.4, -0.2) is 42.0 Å². The molecule has 0 spiro atoms. The minimum absolute atomic E-state index is 0.178. The summed E-state index contributed by atoms with van der Waals surface area (Å²) in [5.74, 6) is -0.178. The topological polar surface area (TPSA) is 32.5 Å². The number of benzene rings is 1. The molecule has 2 fully saturated rings. The Labute approximate surface area is 114 Å². The second-order valence-electron chi connectivity index (χ2n) is 5.88. The Morgan fingerprint density at radius 3 is 2.84 bits per heavy atom. The zero-order chi connectivity index (χ0) is 13.4. The van der Waals surface area contributed by atoms with Crippen LogP contribution in [0.2, 0.25) is 0 Å². The highest BCUT2D eigenvalue weighted by atomic mass is 19.1. The number of hydrogen-bond acceptors (Lipinski definition) is 3. The summed E-state index contributed by atoms with van der Waals surface area (Å²) in [6, 6.07) is 6.30. The first kappa shape index (κ1) is 12.9. The molecule has 2 saturated heterocycles. The normalized spacial score (nSPS) is 28.5. The summed E-state index contributed by atoms with van der Waals surface area (Å²) in [5, 5.41) is 0. The van der Waals surface area contributed by atoms with Gasteiger partial charge in [0.15, 0.2) is 0 Å². The van der Waals surface area contributed by atoms with Gasteiger partial charge in [0.1, 0.15) is 5.82 Å². The number of nitrogens with two attached hydrogens (primary N) is 1. The highest BCUT2D eigenvalue weighted by Gasteiger charge is 2.34. The molecule has 2 atom stereocenters. The average Bonchev–Trinajstić information content (AvgIpc) is 2.61. The summed E-state index contributed by atoms with van der Waals surface area (Å²) in [7, 11) is 2.23. The molecule has 1 aromatic rings. The molecule has 1 aromatic carbocycles. The van der Waals surface area contributed by atoms with E-state index in [-0.39, 0.29) is 5.82 Å². The van der Waals surface area contributed by atoms with Crippen molar-refractivity contribution in [3.63, 3.8) is 0 Å². The number of anilines is 1. The van der Waals surface area contributed by atoms with E-state index in [0.29, 0.717) is 29.9 Å². The third-order valence-electron chi connectivity index (χ3n) is 4.77. The van der Waals surface area contributed by atoms with Gasteiger partial charge in [0.05, 0.1) is 0 Å². The fraction of sp³-hybridized carbons (Fsp3) is 0.600. The van der Waals surface area contributed by atoms with Crippen molar-refractivity contribution < 1.29 is 4.39 Å². The van der Waals surface area contributed by atoms with E-state index in [1.54, 1.807) is 12.1 Å². The highest BCUT2D eigenvalue weighted by molar-refractivity contribution is 5.47. The van der Waals surface area contributed by atoms with E-state index >= 15 is 0 Å². The van der Waals surface area contributed by atoms with Crippen LogP contribution in [0.3, 0.4) is 0 Å². The van der Waals surface area contributed by atoms with Gasteiger partial charge in [-0.05, 0) is 38.4 Å². The van der Waals surface area contributed by atoms with Gasteiger partial charge in [-0.1, -0.05) is 6.07 Å². The lowest BCUT2D eigenvalue weighted by molar-refractivity contribution is 0.213. The second-order valence-corrected chi connectivity index (χ2v) is 5.88. The molecule has 2 heterocycles. The fourth-order valence-corrected chi connectivity index (χ4v) is 3.49. The number of likely N-dealkylation sites (N-methyl/N-ethyl adjacent to an activating group) is 1. The van der Waals surface area contributed by atoms with E-state index in [9.17, 15) is 4.39 Å². The predicted molar refractivity (Wildman–Crippen MR) is 75.3 cm³/mol. The molecule has 0 aromatic heterocycles. The molecule has 3 nitrogen and oxygen atoms in total. The van der Waals surface area contributed by atoms with E-state index in [1.807, 2.05) is 0 Å². The van der Waals surface area contributed by atoms with Crippen molar-refractivity contribution in [3.05, 3.63) is 29.6 Å². The van der Waals surface area contributed by atoms with Gasteiger partial charge in [-0.25, -0.2) is 4.39 Å². The quantitative estimate of drug-likeness (QED) is 0.829. The Balaban J connectivity index is 1.74. The lowest BCUT2D eigenvalue weighted by atomic mass is 10.1. The van der Waals surface area contributed by atoms with Crippen molar-refractivity contribution in [1.29, 1.82) is 0 Å². The van der Waals surface area contributed by atoms with Crippen molar-refractivity contribution in [2.75, 3.05) is 25.9 Å². The first-order chi connectivity index (χ1) is 9.15. The van der Waals surface area contributed by atoms with Gasteiger partial charge >= 0.3 is 0 Å². The maximum absolute atomic E-state index is 13.9. The molecule has 4 heteroatoms. The number of likely N-dealkylation sites (tertiary alicyclic amines) is 1. The van der Waals surface area contributed by atoms with Gasteiger partial charge in [0.25, 0.3) is 0 Å². The molecule has 2 aliphatic rings. The summed E-state index contributed by atoms with van der Waals surface area (Å²) in [4.78, 5) is 4.86. The zero-order valence-corrected chi connectivity index (χ0v) is 11.5. The Morgan fingerprint density at radius 2 is 2.05 bits per heavy atom. The van der Waals surface area contributed by atoms with Crippen molar-refractivity contribution in [2.24, 2.45) is 0 Å². The maximum atomic E-state index is 13.9. The molecule has 19 heavy (non-hydrogen) atoms. The van der Waals surface area contributed by atoms with Gasteiger partial charge < -0.3 is 5.73 Å². The Kier molecular flexibility index (Phi) is 3.46. The summed E-state index contributed by atoms with van der Waals surface area (Å²) < 4.78 is 13.9. The number of nitrogen functional groups attached to an aromatic ring is 1. The third kappa shape index (κ3) is 2.47. The molecule has 0 radical (unpaired) electrons. The smallest absolute Gasteiger partial charge is 0.129 e. The Hall–Kier alpha value is -1.13. The lowest BCUT2D eigenvalue weighted by Crippen LogP contribution is -2.36. The standard InChI is InChI=1S/C15H22FN3/c1-18-11-5-6-12(18)9-19(8-7-11)10-13-14(16)3-2-4-15(13)17/h2-4,11-12H,5-10,17H2,1H3. The number of rotatable bonds is 2. The SMILES string of the molecule is CN1C2CCC1CN(Cc1c(N)cccc1F)CC2. The minimum atomic E-state index is -0.178. The first-order valence-electron chi connectivity index (χ1n) is 7.12. The van der Waals surface area contributed by atoms with Crippen LogP contribution in [0.5, 0.6) is 0 Å². The monoisotopic (exact) mass is 263 g/mol. The Bertz CT molecular complexity index is 442. The van der Waals surface area contributed by atoms with Gasteiger partial charge in [-0.2, -0.15) is 0 Å². The zero-order valence-electron chi connectivity index (χ0n) is 11.5. The number of hydrogen-bond donors (Lipinski definition) is 1. The van der Waals surface area contributed by atoms with Gasteiger partial charge in [0, 0.05) is 43.0 Å². The number of fused-ring (bicyclic) bond motifs is 2. The predicted octanol–water partition coefficient (Wildman–Crippen LogP) is 2.08. The summed E-state index contributed by atoms with van der Waals surface area (Å²) in [5.41, 5.74) is 7.13. The molecule has 2 aliphatic heterocycles. The lowest BCUT2D eigenvalue weighted by Gasteiger charge is -2.26. The average molecular weight is 263 g/mol. The maximum Gasteiger partial charge on any atom is 0.129 e. The van der Waals surface area contributed by atoms with Gasteiger partial charge in [-0.3, -0.25) is 9.80 Å². The van der Waals surface area contributed by atoms with Crippen molar-refractivity contribution in [1.82, 2.24) is 9.80 Å². The molecule has 2 unspecified atom stereocenters. The van der Waals surface area contributed by atoms with Crippen LogP contribution in [0.15, 0.2) is 18.2 Å². The van der Waals surface area contributed by atoms with Crippen LogP contribution in [0, 0.1) is 5.82 Å². The van der Waals surface area contributed by atoms with E-state index in [1.165, 1.54) is 25.3 Å². The molecule has 3 rings (SSSR count). The van der Waals surface area contributed by atoms with Crippen molar-refractivity contribution >= 4 is 5.69 Å². The summed E-state index contributed by atoms with van der Waals surface area (Å²) >= 11 is 0. The van der Waals surface area contributed by atoms with E-state index < -0.39 is 0 Å². The minimum Gasteiger partial charge on any atom is -0.398 e. The largest absolute Gasteiger partial charge is 0.398 e. The van der Waals surface area contributed by atoms with Crippen LogP contribution < -0.4 is 5.73 Å². The Morgan fingerprint density at radius 1 is 1.26 bits per heavy atom. The van der Waals surface area contributed by atoms with Crippen molar-refractivity contribution in [2.45, 2.75) is 37.9 Å². The molecular formula is C15H22FN3. The van der Waals surface area contributed by atoms with Crippen LogP contribution >= 0.6 is 0 Å². The fourth-order valence-electron chi connectivity index (χ4n) is 3.49. The molecule has 0 saturated carbocycles. The van der Waals surface area contributed by atoms with Crippen LogP contribution in [0.1, 0.15) is 24.8 Å². The van der Waals surface area contributed by atoms with E-state index in [0.717, 1.165) is 13.1 Å². The summed E-state index contributed by atoms with van der Waals surface area (Å²) in [6.07, 6.45) is 3.77. The molecule has 2 N–H and O–H groups in total. The third-order valence-corrected chi connectivity index (χ3v) is 4.77. The van der Waals surface area contributed by atoms with Gasteiger partial charge in [-0.15, -0.1) is 0 Å². The summed E-state index contributed by atoms with van der Waals surface area (Å²) in [6.45, 7) is 2.70. The van der Waals surface area contributed by atoms with Crippen molar-refractivity contribution in [3.8, 4) is 0 Å². The molecular weight excluding hydrogens is 241 g/mol. The van der Waals surface area contributed by atoms with Gasteiger partial charge in [0.2, 0.25) is 0 Å². The van der Waals surface area contributed by atoms with E-state index in [4.69, 9.17) is 5.73 Å². The van der Waals surface area contributed by atoms with E-state index in [2.05, 4.69) is 16.8 Å². The molecule has 0 amide bonds. The van der Waals surface area contributed by atoms with Crippen LogP contribution in [-0.2, 0) is 6.54 Å². The molecule has 0 aliphatic carbocycles. The van der Waals surface area contributed by atoms with Crippen LogP contribution in [0.4, 0.5) is 10.1 Å². The second kappa shape index (κ2) is 5.10.